The van der Waals surface area contributed by atoms with Crippen molar-refractivity contribution in [3.8, 4) is 5.75 Å². The third-order valence-corrected chi connectivity index (χ3v) is 6.84. The zero-order valence-corrected chi connectivity index (χ0v) is 16.8. The third kappa shape index (κ3) is 4.43. The van der Waals surface area contributed by atoms with E-state index in [-0.39, 0.29) is 17.1 Å². The molecule has 3 aromatic rings. The standard InChI is InChI=1S/C22H19ClO4S/c1-27-19-13-9-17(10-14-19)22(28(25,26)20-5-3-2-4-6-20)15-21(24)16-7-11-18(23)12-8-16/h2-14,22H,15H2,1H3. The van der Waals surface area contributed by atoms with Crippen LogP contribution in [0, 0.1) is 0 Å². The van der Waals surface area contributed by atoms with Gasteiger partial charge in [-0.25, -0.2) is 8.42 Å². The van der Waals surface area contributed by atoms with Crippen molar-refractivity contribution in [1.29, 1.82) is 0 Å². The number of rotatable bonds is 7. The van der Waals surface area contributed by atoms with Crippen LogP contribution in [0.15, 0.2) is 83.8 Å². The predicted molar refractivity (Wildman–Crippen MR) is 110 cm³/mol. The van der Waals surface area contributed by atoms with Gasteiger partial charge < -0.3 is 4.74 Å². The number of Topliss-reactive ketones (excluding diaryl/α,β-unsaturated/α-hetero) is 1. The van der Waals surface area contributed by atoms with Crippen LogP contribution in [0.25, 0.3) is 0 Å². The fraction of sp³-hybridized carbons (Fsp3) is 0.136. The number of carbonyl (C=O) groups is 1. The minimum atomic E-state index is -3.77. The molecule has 1 atom stereocenters. The lowest BCUT2D eigenvalue weighted by atomic mass is 10.0. The molecule has 0 aliphatic heterocycles. The van der Waals surface area contributed by atoms with Gasteiger partial charge in [0.25, 0.3) is 0 Å². The van der Waals surface area contributed by atoms with Gasteiger partial charge in [-0.2, -0.15) is 0 Å². The number of hydrogen-bond donors (Lipinski definition) is 0. The molecule has 0 spiro atoms. The molecule has 0 heterocycles. The van der Waals surface area contributed by atoms with Crippen LogP contribution in [0.3, 0.4) is 0 Å². The molecule has 0 amide bonds. The highest BCUT2D eigenvalue weighted by molar-refractivity contribution is 7.91. The van der Waals surface area contributed by atoms with Gasteiger partial charge in [-0.05, 0) is 54.1 Å². The van der Waals surface area contributed by atoms with E-state index in [1.807, 2.05) is 0 Å². The highest BCUT2D eigenvalue weighted by Gasteiger charge is 2.31. The van der Waals surface area contributed by atoms with Crippen LogP contribution >= 0.6 is 11.6 Å². The number of methoxy groups -OCH3 is 1. The van der Waals surface area contributed by atoms with Crippen molar-refractivity contribution < 1.29 is 17.9 Å². The van der Waals surface area contributed by atoms with Gasteiger partial charge >= 0.3 is 0 Å². The number of ether oxygens (including phenoxy) is 1. The summed E-state index contributed by atoms with van der Waals surface area (Å²) in [7, 11) is -2.23. The molecule has 0 N–H and O–H groups in total. The number of halogens is 1. The summed E-state index contributed by atoms with van der Waals surface area (Å²) in [5, 5.41) is -0.496. The van der Waals surface area contributed by atoms with Gasteiger partial charge in [-0.1, -0.05) is 41.9 Å². The van der Waals surface area contributed by atoms with E-state index in [4.69, 9.17) is 16.3 Å². The Kier molecular flexibility index (Phi) is 6.17. The lowest BCUT2D eigenvalue weighted by molar-refractivity contribution is 0.0980. The molecule has 4 nitrogen and oxygen atoms in total. The molecule has 3 aromatic carbocycles. The lowest BCUT2D eigenvalue weighted by Crippen LogP contribution is -2.18. The van der Waals surface area contributed by atoms with Crippen LogP contribution in [-0.2, 0) is 9.84 Å². The molecule has 6 heteroatoms. The summed E-state index contributed by atoms with van der Waals surface area (Å²) >= 11 is 5.88. The maximum Gasteiger partial charge on any atom is 0.185 e. The molecule has 0 aliphatic carbocycles. The second-order valence-electron chi connectivity index (χ2n) is 6.25. The van der Waals surface area contributed by atoms with Gasteiger partial charge in [0, 0.05) is 17.0 Å². The van der Waals surface area contributed by atoms with Crippen molar-refractivity contribution in [3.05, 3.63) is 95.0 Å². The third-order valence-electron chi connectivity index (χ3n) is 4.47. The maximum atomic E-state index is 13.3. The Hall–Kier alpha value is -2.63. The van der Waals surface area contributed by atoms with Crippen LogP contribution in [0.5, 0.6) is 5.75 Å². The van der Waals surface area contributed by atoms with E-state index in [0.717, 1.165) is 0 Å². The minimum Gasteiger partial charge on any atom is -0.497 e. The molecule has 144 valence electrons. The van der Waals surface area contributed by atoms with E-state index in [1.54, 1.807) is 78.9 Å². The van der Waals surface area contributed by atoms with Crippen LogP contribution in [0.4, 0.5) is 0 Å². The topological polar surface area (TPSA) is 60.4 Å². The first kappa shape index (κ1) is 20.1. The molecule has 0 bridgehead atoms. The minimum absolute atomic E-state index is 0.175. The SMILES string of the molecule is COc1ccc(C(CC(=O)c2ccc(Cl)cc2)S(=O)(=O)c2ccccc2)cc1. The van der Waals surface area contributed by atoms with Gasteiger partial charge in [0.15, 0.2) is 15.6 Å². The smallest absolute Gasteiger partial charge is 0.185 e. The summed E-state index contributed by atoms with van der Waals surface area (Å²) < 4.78 is 31.8. The molecule has 1 unspecified atom stereocenters. The average Bonchev–Trinajstić information content (AvgIpc) is 2.73. The number of carbonyl (C=O) groups excluding carboxylic acids is 1. The summed E-state index contributed by atoms with van der Waals surface area (Å²) in [4.78, 5) is 13.0. The Bertz CT molecular complexity index is 1040. The van der Waals surface area contributed by atoms with Crippen molar-refractivity contribution in [2.45, 2.75) is 16.6 Å². The Morgan fingerprint density at radius 2 is 1.54 bits per heavy atom. The highest BCUT2D eigenvalue weighted by Crippen LogP contribution is 2.34. The summed E-state index contributed by atoms with van der Waals surface area (Å²) in [6, 6.07) is 21.3. The first-order valence-corrected chi connectivity index (χ1v) is 10.6. The van der Waals surface area contributed by atoms with Gasteiger partial charge in [-0.15, -0.1) is 0 Å². The van der Waals surface area contributed by atoms with E-state index in [2.05, 4.69) is 0 Å². The van der Waals surface area contributed by atoms with E-state index in [9.17, 15) is 13.2 Å². The Morgan fingerprint density at radius 1 is 0.929 bits per heavy atom. The quantitative estimate of drug-likeness (QED) is 0.502. The van der Waals surface area contributed by atoms with Crippen molar-refractivity contribution >= 4 is 27.2 Å². The second-order valence-corrected chi connectivity index (χ2v) is 8.82. The predicted octanol–water partition coefficient (Wildman–Crippen LogP) is 5.14. The van der Waals surface area contributed by atoms with Crippen molar-refractivity contribution in [1.82, 2.24) is 0 Å². The van der Waals surface area contributed by atoms with Crippen LogP contribution in [0.2, 0.25) is 5.02 Å². The molecule has 0 radical (unpaired) electrons. The van der Waals surface area contributed by atoms with Gasteiger partial charge in [0.05, 0.1) is 17.3 Å². The fourth-order valence-electron chi connectivity index (χ4n) is 2.92. The second kappa shape index (κ2) is 8.59. The molecule has 0 saturated carbocycles. The number of hydrogen-bond acceptors (Lipinski definition) is 4. The van der Waals surface area contributed by atoms with Crippen molar-refractivity contribution in [2.24, 2.45) is 0 Å². The molecule has 3 rings (SSSR count). The normalized spacial score (nSPS) is 12.4. The zero-order valence-electron chi connectivity index (χ0n) is 15.2. The molecular formula is C22H19ClO4S. The molecule has 0 aliphatic rings. The summed E-state index contributed by atoms with van der Waals surface area (Å²) in [6.45, 7) is 0. The summed E-state index contributed by atoms with van der Waals surface area (Å²) in [5.74, 6) is 0.348. The lowest BCUT2D eigenvalue weighted by Gasteiger charge is -2.18. The Morgan fingerprint density at radius 3 is 2.11 bits per heavy atom. The van der Waals surface area contributed by atoms with Gasteiger partial charge in [-0.3, -0.25) is 4.79 Å². The van der Waals surface area contributed by atoms with Gasteiger partial charge in [0.1, 0.15) is 5.75 Å². The Balaban J connectivity index is 2.01. The number of benzene rings is 3. The van der Waals surface area contributed by atoms with Crippen LogP contribution in [-0.4, -0.2) is 21.3 Å². The number of sulfone groups is 1. The molecular weight excluding hydrogens is 396 g/mol. The van der Waals surface area contributed by atoms with Gasteiger partial charge in [0.2, 0.25) is 0 Å². The molecule has 0 saturated heterocycles. The van der Waals surface area contributed by atoms with E-state index >= 15 is 0 Å². The highest BCUT2D eigenvalue weighted by atomic mass is 35.5. The largest absolute Gasteiger partial charge is 0.497 e. The number of ketones is 1. The first-order valence-electron chi connectivity index (χ1n) is 8.63. The van der Waals surface area contributed by atoms with Crippen molar-refractivity contribution in [2.75, 3.05) is 7.11 Å². The van der Waals surface area contributed by atoms with E-state index in [0.29, 0.717) is 21.9 Å². The molecule has 0 fully saturated rings. The average molecular weight is 415 g/mol. The van der Waals surface area contributed by atoms with Crippen molar-refractivity contribution in [3.63, 3.8) is 0 Å². The monoisotopic (exact) mass is 414 g/mol. The maximum absolute atomic E-state index is 13.3. The summed E-state index contributed by atoms with van der Waals surface area (Å²) in [6.07, 6.45) is -0.175. The fourth-order valence-corrected chi connectivity index (χ4v) is 4.80. The van der Waals surface area contributed by atoms with Crippen LogP contribution < -0.4 is 4.74 Å². The first-order chi connectivity index (χ1) is 13.4. The van der Waals surface area contributed by atoms with E-state index in [1.165, 1.54) is 7.11 Å². The van der Waals surface area contributed by atoms with Crippen LogP contribution in [0.1, 0.15) is 27.6 Å². The molecule has 28 heavy (non-hydrogen) atoms. The Labute approximate surface area is 169 Å². The zero-order chi connectivity index (χ0) is 20.1. The summed E-state index contributed by atoms with van der Waals surface area (Å²) in [5.41, 5.74) is 0.957. The van der Waals surface area contributed by atoms with E-state index < -0.39 is 15.1 Å². The molecule has 0 aromatic heterocycles.